The average Bonchev–Trinajstić information content (AvgIpc) is 2.75. The highest BCUT2D eigenvalue weighted by Crippen LogP contribution is 2.34. The summed E-state index contributed by atoms with van der Waals surface area (Å²) in [4.78, 5) is 9.44. The Labute approximate surface area is 129 Å². The monoisotopic (exact) mass is 290 g/mol. The summed E-state index contributed by atoms with van der Waals surface area (Å²) in [5.41, 5.74) is 1.13. The molecule has 118 valence electrons. The van der Waals surface area contributed by atoms with Gasteiger partial charge in [0.2, 0.25) is 0 Å². The third-order valence-electron chi connectivity index (χ3n) is 4.81. The Morgan fingerprint density at radius 2 is 1.81 bits per heavy atom. The number of anilines is 2. The van der Waals surface area contributed by atoms with Crippen molar-refractivity contribution in [1.82, 2.24) is 9.97 Å². The summed E-state index contributed by atoms with van der Waals surface area (Å²) in [5, 5.41) is 7.06. The molecule has 1 aliphatic rings. The fraction of sp³-hybridized carbons (Fsp3) is 0.765. The van der Waals surface area contributed by atoms with E-state index in [0.29, 0.717) is 17.9 Å². The van der Waals surface area contributed by atoms with E-state index in [0.717, 1.165) is 35.5 Å². The van der Waals surface area contributed by atoms with E-state index in [1.807, 2.05) is 0 Å². The quantitative estimate of drug-likeness (QED) is 0.854. The van der Waals surface area contributed by atoms with Crippen LogP contribution < -0.4 is 10.6 Å². The molecule has 0 saturated heterocycles. The molecule has 4 heteroatoms. The van der Waals surface area contributed by atoms with Gasteiger partial charge in [-0.15, -0.1) is 0 Å². The summed E-state index contributed by atoms with van der Waals surface area (Å²) in [6, 6.07) is 0.531. The van der Waals surface area contributed by atoms with Crippen molar-refractivity contribution in [1.29, 1.82) is 0 Å². The predicted molar refractivity (Wildman–Crippen MR) is 90.0 cm³/mol. The van der Waals surface area contributed by atoms with Crippen molar-refractivity contribution in [3.63, 3.8) is 0 Å². The largest absolute Gasteiger partial charge is 0.370 e. The van der Waals surface area contributed by atoms with Crippen molar-refractivity contribution in [2.45, 2.75) is 66.3 Å². The zero-order chi connectivity index (χ0) is 15.6. The molecule has 3 unspecified atom stereocenters. The first-order chi connectivity index (χ1) is 9.93. The molecule has 2 N–H and O–H groups in total. The van der Waals surface area contributed by atoms with Gasteiger partial charge in [-0.2, -0.15) is 0 Å². The maximum atomic E-state index is 4.78. The number of hydrogen-bond acceptors (Lipinski definition) is 4. The van der Waals surface area contributed by atoms with Gasteiger partial charge in [0, 0.05) is 24.1 Å². The molecule has 1 aromatic heterocycles. The topological polar surface area (TPSA) is 49.8 Å². The third-order valence-corrected chi connectivity index (χ3v) is 4.81. The Bertz CT molecular complexity index is 484. The van der Waals surface area contributed by atoms with E-state index in [4.69, 9.17) is 4.98 Å². The number of nitrogens with one attached hydrogen (secondary N) is 2. The van der Waals surface area contributed by atoms with Crippen LogP contribution in [0.3, 0.4) is 0 Å². The highest BCUT2D eigenvalue weighted by Gasteiger charge is 2.30. The molecular formula is C17H30N4. The molecule has 0 aliphatic heterocycles. The maximum absolute atomic E-state index is 4.78. The molecule has 1 aliphatic carbocycles. The van der Waals surface area contributed by atoms with Crippen LogP contribution in [0.4, 0.5) is 11.6 Å². The van der Waals surface area contributed by atoms with Crippen molar-refractivity contribution in [3.8, 4) is 0 Å². The van der Waals surface area contributed by atoms with Crippen LogP contribution in [0.15, 0.2) is 0 Å². The minimum absolute atomic E-state index is 0.337. The normalized spacial score (nSPS) is 25.4. The van der Waals surface area contributed by atoms with Gasteiger partial charge in [0.1, 0.15) is 17.5 Å². The molecule has 0 spiro atoms. The highest BCUT2D eigenvalue weighted by atomic mass is 15.1. The Kier molecular flexibility index (Phi) is 5.07. The third kappa shape index (κ3) is 3.47. The fourth-order valence-electron chi connectivity index (χ4n) is 3.02. The molecule has 0 bridgehead atoms. The average molecular weight is 290 g/mol. The Hall–Kier alpha value is -1.32. The van der Waals surface area contributed by atoms with Crippen LogP contribution in [0.5, 0.6) is 0 Å². The second kappa shape index (κ2) is 6.63. The van der Waals surface area contributed by atoms with Gasteiger partial charge in [-0.05, 0) is 38.5 Å². The lowest BCUT2D eigenvalue weighted by molar-refractivity contribution is 0.435. The minimum atomic E-state index is 0.337. The first-order valence-electron chi connectivity index (χ1n) is 8.33. The predicted octanol–water partition coefficient (Wildman–Crippen LogP) is 4.19. The molecule has 21 heavy (non-hydrogen) atoms. The first kappa shape index (κ1) is 16.1. The molecule has 0 radical (unpaired) electrons. The van der Waals surface area contributed by atoms with Crippen molar-refractivity contribution in [2.24, 2.45) is 11.8 Å². The molecule has 1 fully saturated rings. The standard InChI is InChI=1S/C17H30N4/c1-7-18-16-13(6)17(21-15(20-16)10(2)3)19-14-9-8-11(4)12(14)5/h10-12,14H,7-9H2,1-6H3,(H2,18,19,20,21). The van der Waals surface area contributed by atoms with E-state index in [9.17, 15) is 0 Å². The van der Waals surface area contributed by atoms with E-state index >= 15 is 0 Å². The van der Waals surface area contributed by atoms with Gasteiger partial charge in [0.25, 0.3) is 0 Å². The van der Waals surface area contributed by atoms with E-state index in [-0.39, 0.29) is 0 Å². The van der Waals surface area contributed by atoms with E-state index < -0.39 is 0 Å². The zero-order valence-electron chi connectivity index (χ0n) is 14.3. The summed E-state index contributed by atoms with van der Waals surface area (Å²) in [5.74, 6) is 4.72. The smallest absolute Gasteiger partial charge is 0.135 e. The lowest BCUT2D eigenvalue weighted by atomic mass is 9.98. The molecule has 3 atom stereocenters. The van der Waals surface area contributed by atoms with E-state index in [2.05, 4.69) is 57.2 Å². The van der Waals surface area contributed by atoms with Crippen molar-refractivity contribution in [2.75, 3.05) is 17.2 Å². The lowest BCUT2D eigenvalue weighted by Gasteiger charge is -2.23. The van der Waals surface area contributed by atoms with Gasteiger partial charge in [0.15, 0.2) is 0 Å². The van der Waals surface area contributed by atoms with Crippen LogP contribution in [0.1, 0.15) is 64.8 Å². The second-order valence-corrected chi connectivity index (χ2v) is 6.75. The molecule has 1 heterocycles. The van der Waals surface area contributed by atoms with E-state index in [1.54, 1.807) is 0 Å². The number of rotatable bonds is 5. The SMILES string of the molecule is CCNc1nc(C(C)C)nc(NC2CCC(C)C2C)c1C. The summed E-state index contributed by atoms with van der Waals surface area (Å²) in [6.45, 7) is 14.1. The summed E-state index contributed by atoms with van der Waals surface area (Å²) < 4.78 is 0. The van der Waals surface area contributed by atoms with Gasteiger partial charge >= 0.3 is 0 Å². The van der Waals surface area contributed by atoms with Crippen molar-refractivity contribution < 1.29 is 0 Å². The van der Waals surface area contributed by atoms with Gasteiger partial charge in [-0.1, -0.05) is 27.7 Å². The van der Waals surface area contributed by atoms with Gasteiger partial charge in [-0.3, -0.25) is 0 Å². The molecule has 4 nitrogen and oxygen atoms in total. The van der Waals surface area contributed by atoms with Crippen LogP contribution in [0, 0.1) is 18.8 Å². The van der Waals surface area contributed by atoms with Crippen molar-refractivity contribution in [3.05, 3.63) is 11.4 Å². The van der Waals surface area contributed by atoms with E-state index in [1.165, 1.54) is 12.8 Å². The second-order valence-electron chi connectivity index (χ2n) is 6.75. The van der Waals surface area contributed by atoms with Gasteiger partial charge < -0.3 is 10.6 Å². The summed E-state index contributed by atoms with van der Waals surface area (Å²) in [7, 11) is 0. The fourth-order valence-corrected chi connectivity index (χ4v) is 3.02. The van der Waals surface area contributed by atoms with Gasteiger partial charge in [0.05, 0.1) is 0 Å². The minimum Gasteiger partial charge on any atom is -0.370 e. The summed E-state index contributed by atoms with van der Waals surface area (Å²) >= 11 is 0. The lowest BCUT2D eigenvalue weighted by Crippen LogP contribution is -2.26. The van der Waals surface area contributed by atoms with Crippen LogP contribution in [0.25, 0.3) is 0 Å². The Morgan fingerprint density at radius 1 is 1.14 bits per heavy atom. The number of hydrogen-bond donors (Lipinski definition) is 2. The molecule has 1 aromatic rings. The molecular weight excluding hydrogens is 260 g/mol. The molecule has 2 rings (SSSR count). The summed E-state index contributed by atoms with van der Waals surface area (Å²) in [6.07, 6.45) is 2.54. The molecule has 0 amide bonds. The van der Waals surface area contributed by atoms with Crippen molar-refractivity contribution >= 4 is 11.6 Å². The highest BCUT2D eigenvalue weighted by molar-refractivity contribution is 5.58. The molecule has 1 saturated carbocycles. The van der Waals surface area contributed by atoms with Gasteiger partial charge in [-0.25, -0.2) is 9.97 Å². The van der Waals surface area contributed by atoms with Crippen LogP contribution in [0.2, 0.25) is 0 Å². The van der Waals surface area contributed by atoms with Crippen LogP contribution in [-0.2, 0) is 0 Å². The molecule has 0 aromatic carbocycles. The Balaban J connectivity index is 2.29. The number of nitrogens with zero attached hydrogens (tertiary/aromatic N) is 2. The van der Waals surface area contributed by atoms with Crippen LogP contribution in [-0.4, -0.2) is 22.6 Å². The first-order valence-corrected chi connectivity index (χ1v) is 8.33. The maximum Gasteiger partial charge on any atom is 0.135 e. The van der Waals surface area contributed by atoms with Crippen LogP contribution >= 0.6 is 0 Å². The number of aromatic nitrogens is 2. The zero-order valence-corrected chi connectivity index (χ0v) is 14.3. The Morgan fingerprint density at radius 3 is 2.33 bits per heavy atom.